The van der Waals surface area contributed by atoms with Crippen molar-refractivity contribution in [1.29, 1.82) is 5.26 Å². The number of hydrogen-bond donors (Lipinski definition) is 1. The van der Waals surface area contributed by atoms with Crippen LogP contribution in [0.3, 0.4) is 0 Å². The highest BCUT2D eigenvalue weighted by Crippen LogP contribution is 2.18. The van der Waals surface area contributed by atoms with Gasteiger partial charge in [0.1, 0.15) is 16.7 Å². The zero-order valence-corrected chi connectivity index (χ0v) is 6.93. The molecule has 4 nitrogen and oxygen atoms in total. The van der Waals surface area contributed by atoms with Gasteiger partial charge in [0.05, 0.1) is 6.20 Å². The number of thioether (sulfide) groups is 1. The van der Waals surface area contributed by atoms with Crippen molar-refractivity contribution >= 4 is 11.8 Å². The van der Waals surface area contributed by atoms with E-state index in [2.05, 4.69) is 5.10 Å². The van der Waals surface area contributed by atoms with Crippen molar-refractivity contribution in [3.05, 3.63) is 11.8 Å². The Balaban J connectivity index is 3.00. The minimum Gasteiger partial charge on any atom is -0.322 e. The number of aromatic nitrogens is 2. The minimum atomic E-state index is 0.466. The molecule has 0 aliphatic carbocycles. The predicted molar refractivity (Wildman–Crippen MR) is 42.8 cm³/mol. The molecule has 2 N–H and O–H groups in total. The molecule has 0 aliphatic rings. The zero-order valence-electron chi connectivity index (χ0n) is 6.11. The molecule has 0 aliphatic heterocycles. The molecule has 1 rings (SSSR count). The van der Waals surface area contributed by atoms with Gasteiger partial charge >= 0.3 is 0 Å². The molecule has 0 aromatic carbocycles. The summed E-state index contributed by atoms with van der Waals surface area (Å²) in [6.45, 7) is 0. The van der Waals surface area contributed by atoms with Gasteiger partial charge in [0.15, 0.2) is 0 Å². The second-order valence-electron chi connectivity index (χ2n) is 1.91. The molecule has 0 fully saturated rings. The molecule has 0 spiro atoms. The highest BCUT2D eigenvalue weighted by Gasteiger charge is 2.06. The standard InChI is InChI=1S/C6H8N4S/c1-10-6(11-4-8)5(2-7)3-9-10/h3H,4,8H2,1H3. The maximum Gasteiger partial charge on any atom is 0.113 e. The van der Waals surface area contributed by atoms with E-state index < -0.39 is 0 Å². The third kappa shape index (κ3) is 1.53. The fourth-order valence-corrected chi connectivity index (χ4v) is 1.40. The van der Waals surface area contributed by atoms with Gasteiger partial charge in [0, 0.05) is 12.9 Å². The van der Waals surface area contributed by atoms with Crippen LogP contribution in [0.4, 0.5) is 0 Å². The van der Waals surface area contributed by atoms with E-state index in [0.29, 0.717) is 11.4 Å². The molecular formula is C6H8N4S. The lowest BCUT2D eigenvalue weighted by Gasteiger charge is -1.97. The van der Waals surface area contributed by atoms with Gasteiger partial charge in [0.2, 0.25) is 0 Å². The first-order chi connectivity index (χ1) is 5.29. The zero-order chi connectivity index (χ0) is 8.27. The van der Waals surface area contributed by atoms with Crippen molar-refractivity contribution in [2.75, 3.05) is 5.88 Å². The highest BCUT2D eigenvalue weighted by molar-refractivity contribution is 7.99. The normalized spacial score (nSPS) is 9.55. The van der Waals surface area contributed by atoms with Crippen LogP contribution in [-0.2, 0) is 7.05 Å². The highest BCUT2D eigenvalue weighted by atomic mass is 32.2. The van der Waals surface area contributed by atoms with Gasteiger partial charge < -0.3 is 5.73 Å². The smallest absolute Gasteiger partial charge is 0.113 e. The summed E-state index contributed by atoms with van der Waals surface area (Å²) in [5.41, 5.74) is 5.91. The first-order valence-electron chi connectivity index (χ1n) is 3.04. The first-order valence-corrected chi connectivity index (χ1v) is 4.03. The van der Waals surface area contributed by atoms with Crippen LogP contribution in [0, 0.1) is 11.3 Å². The van der Waals surface area contributed by atoms with E-state index in [4.69, 9.17) is 11.0 Å². The van der Waals surface area contributed by atoms with Crippen molar-refractivity contribution in [1.82, 2.24) is 9.78 Å². The molecule has 5 heteroatoms. The molecule has 0 amide bonds. The molecule has 0 bridgehead atoms. The fourth-order valence-electron chi connectivity index (χ4n) is 0.753. The third-order valence-electron chi connectivity index (χ3n) is 1.22. The lowest BCUT2D eigenvalue weighted by molar-refractivity contribution is 0.698. The summed E-state index contributed by atoms with van der Waals surface area (Å²) in [4.78, 5) is 0. The minimum absolute atomic E-state index is 0.466. The molecule has 0 atom stereocenters. The van der Waals surface area contributed by atoms with Crippen molar-refractivity contribution in [3.63, 3.8) is 0 Å². The Morgan fingerprint density at radius 3 is 3.18 bits per heavy atom. The monoisotopic (exact) mass is 168 g/mol. The summed E-state index contributed by atoms with van der Waals surface area (Å²) >= 11 is 1.42. The molecule has 0 saturated heterocycles. The number of nitriles is 1. The SMILES string of the molecule is Cn1ncc(C#N)c1SCN. The van der Waals surface area contributed by atoms with Crippen LogP contribution < -0.4 is 5.73 Å². The number of nitrogens with zero attached hydrogens (tertiary/aromatic N) is 3. The van der Waals surface area contributed by atoms with Crippen molar-refractivity contribution in [3.8, 4) is 6.07 Å². The van der Waals surface area contributed by atoms with E-state index in [-0.39, 0.29) is 0 Å². The van der Waals surface area contributed by atoms with Gasteiger partial charge in [-0.2, -0.15) is 10.4 Å². The predicted octanol–water partition coefficient (Wildman–Crippen LogP) is 0.300. The summed E-state index contributed by atoms with van der Waals surface area (Å²) in [6, 6.07) is 2.04. The molecule has 11 heavy (non-hydrogen) atoms. The average Bonchev–Trinajstić information content (AvgIpc) is 2.34. The van der Waals surface area contributed by atoms with Gasteiger partial charge in [-0.05, 0) is 0 Å². The quantitative estimate of drug-likeness (QED) is 0.509. The maximum absolute atomic E-state index is 8.60. The largest absolute Gasteiger partial charge is 0.322 e. The summed E-state index contributed by atoms with van der Waals surface area (Å²) in [5.74, 6) is 0.466. The van der Waals surface area contributed by atoms with E-state index in [1.807, 2.05) is 6.07 Å². The van der Waals surface area contributed by atoms with E-state index in [1.54, 1.807) is 11.7 Å². The van der Waals surface area contributed by atoms with Gasteiger partial charge in [-0.1, -0.05) is 11.8 Å². The second kappa shape index (κ2) is 3.42. The molecule has 0 saturated carbocycles. The van der Waals surface area contributed by atoms with Crippen LogP contribution in [0.15, 0.2) is 11.2 Å². The topological polar surface area (TPSA) is 67.6 Å². The Morgan fingerprint density at radius 2 is 2.64 bits per heavy atom. The second-order valence-corrected chi connectivity index (χ2v) is 2.92. The fraction of sp³-hybridized carbons (Fsp3) is 0.333. The van der Waals surface area contributed by atoms with Gasteiger partial charge in [-0.25, -0.2) is 0 Å². The third-order valence-corrected chi connectivity index (χ3v) is 2.15. The van der Waals surface area contributed by atoms with Crippen molar-refractivity contribution in [2.24, 2.45) is 12.8 Å². The lowest BCUT2D eigenvalue weighted by atomic mass is 10.4. The molecule has 0 radical (unpaired) electrons. The maximum atomic E-state index is 8.60. The summed E-state index contributed by atoms with van der Waals surface area (Å²) in [7, 11) is 1.79. The summed E-state index contributed by atoms with van der Waals surface area (Å²) in [5, 5.41) is 13.4. The Labute approximate surface area is 69.0 Å². The van der Waals surface area contributed by atoms with Gasteiger partial charge in [0.25, 0.3) is 0 Å². The van der Waals surface area contributed by atoms with Crippen LogP contribution in [0.25, 0.3) is 0 Å². The molecular weight excluding hydrogens is 160 g/mol. The Hall–Kier alpha value is -0.990. The number of nitrogens with two attached hydrogens (primary N) is 1. The van der Waals surface area contributed by atoms with E-state index >= 15 is 0 Å². The van der Waals surface area contributed by atoms with E-state index in [1.165, 1.54) is 18.0 Å². The van der Waals surface area contributed by atoms with Gasteiger partial charge in [-0.15, -0.1) is 0 Å². The molecule has 1 heterocycles. The molecule has 0 unspecified atom stereocenters. The van der Waals surface area contributed by atoms with Crippen LogP contribution >= 0.6 is 11.8 Å². The molecule has 1 aromatic rings. The summed E-state index contributed by atoms with van der Waals surface area (Å²) in [6.07, 6.45) is 1.54. The lowest BCUT2D eigenvalue weighted by Crippen LogP contribution is -1.98. The van der Waals surface area contributed by atoms with Gasteiger partial charge in [-0.3, -0.25) is 4.68 Å². The molecule has 1 aromatic heterocycles. The summed E-state index contributed by atoms with van der Waals surface area (Å²) < 4.78 is 1.65. The Kier molecular flexibility index (Phi) is 2.52. The van der Waals surface area contributed by atoms with Crippen LogP contribution in [-0.4, -0.2) is 15.7 Å². The molecule has 58 valence electrons. The van der Waals surface area contributed by atoms with E-state index in [0.717, 1.165) is 5.03 Å². The number of aryl methyl sites for hydroxylation is 1. The first kappa shape index (κ1) is 8.11. The average molecular weight is 168 g/mol. The number of hydrogen-bond acceptors (Lipinski definition) is 4. The number of rotatable bonds is 2. The van der Waals surface area contributed by atoms with Crippen molar-refractivity contribution in [2.45, 2.75) is 5.03 Å². The van der Waals surface area contributed by atoms with Crippen LogP contribution in [0.1, 0.15) is 5.56 Å². The van der Waals surface area contributed by atoms with Crippen LogP contribution in [0.5, 0.6) is 0 Å². The Morgan fingerprint density at radius 1 is 1.91 bits per heavy atom. The van der Waals surface area contributed by atoms with E-state index in [9.17, 15) is 0 Å². The Bertz CT molecular complexity index is 285. The van der Waals surface area contributed by atoms with Crippen molar-refractivity contribution < 1.29 is 0 Å². The van der Waals surface area contributed by atoms with Crippen LogP contribution in [0.2, 0.25) is 0 Å².